The molecule has 0 aliphatic rings. The molecule has 7 heteroatoms. The van der Waals surface area contributed by atoms with Gasteiger partial charge in [-0.2, -0.15) is 0 Å². The highest BCUT2D eigenvalue weighted by atomic mass is 79.9. The van der Waals surface area contributed by atoms with Gasteiger partial charge in [-0.1, -0.05) is 62.2 Å². The number of carboxylic acids is 1. The van der Waals surface area contributed by atoms with Crippen LogP contribution in [0.5, 0.6) is 5.75 Å². The van der Waals surface area contributed by atoms with Crippen molar-refractivity contribution in [2.45, 2.75) is 4.90 Å². The van der Waals surface area contributed by atoms with E-state index in [-0.39, 0.29) is 6.61 Å². The van der Waals surface area contributed by atoms with Gasteiger partial charge in [-0.05, 0) is 75.1 Å². The number of ether oxygens (including phenoxy) is 1. The van der Waals surface area contributed by atoms with E-state index in [0.29, 0.717) is 5.75 Å². The fourth-order valence-corrected chi connectivity index (χ4v) is 5.05. The van der Waals surface area contributed by atoms with Crippen LogP contribution in [0.25, 0.3) is 5.57 Å². The average Bonchev–Trinajstić information content (AvgIpc) is 2.71. The molecule has 0 fully saturated rings. The summed E-state index contributed by atoms with van der Waals surface area (Å²) in [7, 11) is 0. The van der Waals surface area contributed by atoms with Crippen molar-refractivity contribution in [3.05, 3.63) is 97.4 Å². The minimum Gasteiger partial charge on any atom is -0.482 e. The monoisotopic (exact) mass is 610 g/mol. The fraction of sp³-hybridized carbons (Fsp3) is 0.0870. The quantitative estimate of drug-likeness (QED) is 0.265. The van der Waals surface area contributed by atoms with Crippen molar-refractivity contribution >= 4 is 71.1 Å². The lowest BCUT2D eigenvalue weighted by Gasteiger charge is -2.11. The summed E-state index contributed by atoms with van der Waals surface area (Å²) in [5.41, 5.74) is 3.43. The second kappa shape index (κ2) is 11.2. The van der Waals surface area contributed by atoms with Crippen LogP contribution in [0.15, 0.2) is 91.1 Å². The molecule has 0 amide bonds. The van der Waals surface area contributed by atoms with Gasteiger partial charge in [0, 0.05) is 24.1 Å². The van der Waals surface area contributed by atoms with E-state index in [1.165, 1.54) is 0 Å². The number of hydrogen-bond acceptors (Lipinski definition) is 3. The first-order chi connectivity index (χ1) is 14.4. The molecule has 3 nitrogen and oxygen atoms in total. The van der Waals surface area contributed by atoms with E-state index >= 15 is 0 Å². The maximum Gasteiger partial charge on any atom is 0.341 e. The highest BCUT2D eigenvalue weighted by Gasteiger charge is 2.08. The van der Waals surface area contributed by atoms with Gasteiger partial charge in [-0.25, -0.2) is 4.79 Å². The SMILES string of the molecule is O=C(O)COc1ccc(SCC=C(c2cccc(Br)c2)c2cccc(Br)c2)c(Br)c1. The van der Waals surface area contributed by atoms with Gasteiger partial charge < -0.3 is 9.84 Å². The molecule has 0 bridgehead atoms. The number of carbonyl (C=O) groups is 1. The molecule has 0 atom stereocenters. The Morgan fingerprint density at radius 2 is 1.57 bits per heavy atom. The van der Waals surface area contributed by atoms with Crippen molar-refractivity contribution < 1.29 is 14.6 Å². The molecular formula is C23H17Br3O3S. The summed E-state index contributed by atoms with van der Waals surface area (Å²) in [4.78, 5) is 11.7. The zero-order chi connectivity index (χ0) is 21.5. The van der Waals surface area contributed by atoms with E-state index in [0.717, 1.165) is 40.8 Å². The second-order valence-corrected chi connectivity index (χ2v) is 9.97. The normalized spacial score (nSPS) is 10.5. The molecule has 0 unspecified atom stereocenters. The zero-order valence-electron chi connectivity index (χ0n) is 15.6. The Morgan fingerprint density at radius 3 is 2.10 bits per heavy atom. The Morgan fingerprint density at radius 1 is 0.933 bits per heavy atom. The van der Waals surface area contributed by atoms with E-state index in [1.807, 2.05) is 30.3 Å². The Kier molecular flexibility index (Phi) is 8.62. The van der Waals surface area contributed by atoms with Crippen LogP contribution in [-0.2, 0) is 4.79 Å². The van der Waals surface area contributed by atoms with Gasteiger partial charge in [0.2, 0.25) is 0 Å². The van der Waals surface area contributed by atoms with Crippen LogP contribution >= 0.6 is 59.6 Å². The van der Waals surface area contributed by atoms with E-state index < -0.39 is 5.97 Å². The van der Waals surface area contributed by atoms with Crippen molar-refractivity contribution in [1.82, 2.24) is 0 Å². The van der Waals surface area contributed by atoms with Gasteiger partial charge in [-0.3, -0.25) is 0 Å². The molecule has 1 N–H and O–H groups in total. The standard InChI is InChI=1S/C23H17Br3O3S/c24-17-5-1-3-15(11-17)20(16-4-2-6-18(25)12-16)9-10-30-22-8-7-19(13-21(22)26)29-14-23(27)28/h1-9,11-13H,10,14H2,(H,27,28). The number of halogens is 3. The largest absolute Gasteiger partial charge is 0.482 e. The second-order valence-electron chi connectivity index (χ2n) is 6.22. The van der Waals surface area contributed by atoms with Gasteiger partial charge in [0.1, 0.15) is 5.75 Å². The summed E-state index contributed by atoms with van der Waals surface area (Å²) in [5.74, 6) is 0.290. The lowest BCUT2D eigenvalue weighted by atomic mass is 9.98. The third-order valence-electron chi connectivity index (χ3n) is 4.06. The predicted octanol–water partition coefficient (Wildman–Crippen LogP) is 7.66. The number of aliphatic carboxylic acids is 1. The fourth-order valence-electron chi connectivity index (χ4n) is 2.76. The Bertz CT molecular complexity index is 1040. The lowest BCUT2D eigenvalue weighted by molar-refractivity contribution is -0.139. The summed E-state index contributed by atoms with van der Waals surface area (Å²) < 4.78 is 8.17. The summed E-state index contributed by atoms with van der Waals surface area (Å²) in [6, 6.07) is 22.0. The molecule has 0 heterocycles. The molecule has 3 aromatic rings. The van der Waals surface area contributed by atoms with E-state index in [9.17, 15) is 4.79 Å². The van der Waals surface area contributed by atoms with Crippen molar-refractivity contribution in [3.63, 3.8) is 0 Å². The molecule has 0 saturated heterocycles. The molecule has 0 saturated carbocycles. The van der Waals surface area contributed by atoms with Crippen LogP contribution in [0.2, 0.25) is 0 Å². The van der Waals surface area contributed by atoms with Gasteiger partial charge in [0.25, 0.3) is 0 Å². The minimum absolute atomic E-state index is 0.357. The molecular weight excluding hydrogens is 596 g/mol. The van der Waals surface area contributed by atoms with Crippen LogP contribution in [0.1, 0.15) is 11.1 Å². The van der Waals surface area contributed by atoms with Crippen molar-refractivity contribution in [3.8, 4) is 5.75 Å². The van der Waals surface area contributed by atoms with Crippen LogP contribution in [0.3, 0.4) is 0 Å². The predicted molar refractivity (Wildman–Crippen MR) is 133 cm³/mol. The molecule has 0 aliphatic heterocycles. The topological polar surface area (TPSA) is 46.5 Å². The van der Waals surface area contributed by atoms with E-state index in [1.54, 1.807) is 23.9 Å². The third kappa shape index (κ3) is 6.74. The van der Waals surface area contributed by atoms with Gasteiger partial charge in [0.05, 0.1) is 0 Å². The highest BCUT2D eigenvalue weighted by Crippen LogP contribution is 2.33. The van der Waals surface area contributed by atoms with E-state index in [4.69, 9.17) is 9.84 Å². The van der Waals surface area contributed by atoms with Gasteiger partial charge in [-0.15, -0.1) is 11.8 Å². The number of benzene rings is 3. The molecule has 0 radical (unpaired) electrons. The van der Waals surface area contributed by atoms with Gasteiger partial charge in [0.15, 0.2) is 6.61 Å². The average molecular weight is 613 g/mol. The van der Waals surface area contributed by atoms with Crippen LogP contribution in [0, 0.1) is 0 Å². The Hall–Kier alpha value is -1.54. The molecule has 0 spiro atoms. The molecule has 3 rings (SSSR count). The van der Waals surface area contributed by atoms with Crippen molar-refractivity contribution in [1.29, 1.82) is 0 Å². The Balaban J connectivity index is 1.80. The zero-order valence-corrected chi connectivity index (χ0v) is 21.2. The van der Waals surface area contributed by atoms with Crippen molar-refractivity contribution in [2.24, 2.45) is 0 Å². The van der Waals surface area contributed by atoms with Gasteiger partial charge >= 0.3 is 5.97 Å². The number of carboxylic acid groups (broad SMARTS) is 1. The first kappa shape index (κ1) is 23.1. The first-order valence-electron chi connectivity index (χ1n) is 8.91. The maximum absolute atomic E-state index is 10.7. The first-order valence-corrected chi connectivity index (χ1v) is 12.3. The minimum atomic E-state index is -0.998. The summed E-state index contributed by atoms with van der Waals surface area (Å²) in [5, 5.41) is 8.74. The molecule has 3 aromatic carbocycles. The van der Waals surface area contributed by atoms with Crippen LogP contribution < -0.4 is 4.74 Å². The van der Waals surface area contributed by atoms with Crippen molar-refractivity contribution in [2.75, 3.05) is 12.4 Å². The summed E-state index contributed by atoms with van der Waals surface area (Å²) in [6.07, 6.45) is 2.22. The summed E-state index contributed by atoms with van der Waals surface area (Å²) >= 11 is 12.4. The number of rotatable bonds is 8. The molecule has 0 aromatic heterocycles. The summed E-state index contributed by atoms with van der Waals surface area (Å²) in [6.45, 7) is -0.357. The Labute approximate surface area is 204 Å². The molecule has 0 aliphatic carbocycles. The van der Waals surface area contributed by atoms with Crippen LogP contribution in [-0.4, -0.2) is 23.4 Å². The van der Waals surface area contributed by atoms with E-state index in [2.05, 4.69) is 78.1 Å². The smallest absolute Gasteiger partial charge is 0.341 e. The third-order valence-corrected chi connectivity index (χ3v) is 6.97. The molecule has 30 heavy (non-hydrogen) atoms. The highest BCUT2D eigenvalue weighted by molar-refractivity contribution is 9.11. The number of hydrogen-bond donors (Lipinski definition) is 1. The maximum atomic E-state index is 10.7. The molecule has 154 valence electrons. The number of thioether (sulfide) groups is 1. The van der Waals surface area contributed by atoms with Crippen LogP contribution in [0.4, 0.5) is 0 Å². The lowest BCUT2D eigenvalue weighted by Crippen LogP contribution is -2.09.